The van der Waals surface area contributed by atoms with Crippen LogP contribution in [-0.2, 0) is 4.79 Å². The predicted molar refractivity (Wildman–Crippen MR) is 115 cm³/mol. The van der Waals surface area contributed by atoms with Crippen molar-refractivity contribution in [2.75, 3.05) is 13.2 Å². The zero-order chi connectivity index (χ0) is 19.6. The molecule has 0 saturated carbocycles. The van der Waals surface area contributed by atoms with E-state index in [0.717, 1.165) is 42.4 Å². The highest BCUT2D eigenvalue weighted by atomic mass is 35.5. The number of carbonyl (C=O) groups excluding carboxylic acids is 1. The first-order chi connectivity index (χ1) is 13.0. The monoisotopic (exact) mass is 425 g/mol. The van der Waals surface area contributed by atoms with Gasteiger partial charge in [0.1, 0.15) is 0 Å². The van der Waals surface area contributed by atoms with Crippen molar-refractivity contribution in [3.8, 4) is 11.1 Å². The van der Waals surface area contributed by atoms with Crippen LogP contribution >= 0.6 is 34.8 Å². The number of nitrogens with one attached hydrogen (secondary N) is 1. The number of aliphatic hydroxyl groups excluding tert-OH is 1. The Morgan fingerprint density at radius 1 is 1.00 bits per heavy atom. The van der Waals surface area contributed by atoms with E-state index in [2.05, 4.69) is 5.32 Å². The van der Waals surface area contributed by atoms with Crippen LogP contribution in [0, 0.1) is 0 Å². The highest BCUT2D eigenvalue weighted by molar-refractivity contribution is 6.38. The van der Waals surface area contributed by atoms with Crippen LogP contribution in [0.5, 0.6) is 0 Å². The van der Waals surface area contributed by atoms with Gasteiger partial charge in [0.2, 0.25) is 5.91 Å². The highest BCUT2D eigenvalue weighted by Crippen LogP contribution is 2.37. The minimum Gasteiger partial charge on any atom is -0.396 e. The lowest BCUT2D eigenvalue weighted by atomic mass is 9.99. The lowest BCUT2D eigenvalue weighted by Gasteiger charge is -2.11. The zero-order valence-electron chi connectivity index (χ0n) is 14.9. The molecule has 6 heteroatoms. The third-order valence-corrected chi connectivity index (χ3v) is 4.91. The van der Waals surface area contributed by atoms with E-state index in [4.69, 9.17) is 39.9 Å². The average Bonchev–Trinajstić information content (AvgIpc) is 2.64. The van der Waals surface area contributed by atoms with Crippen LogP contribution in [0.1, 0.15) is 31.2 Å². The fourth-order valence-corrected chi connectivity index (χ4v) is 3.47. The smallest absolute Gasteiger partial charge is 0.243 e. The molecule has 144 valence electrons. The van der Waals surface area contributed by atoms with E-state index in [9.17, 15) is 4.79 Å². The first-order valence-electron chi connectivity index (χ1n) is 8.83. The molecule has 2 rings (SSSR count). The molecule has 2 aromatic carbocycles. The van der Waals surface area contributed by atoms with Gasteiger partial charge in [-0.1, -0.05) is 65.8 Å². The van der Waals surface area contributed by atoms with Gasteiger partial charge in [0, 0.05) is 45.4 Å². The summed E-state index contributed by atoms with van der Waals surface area (Å²) in [5.41, 5.74) is 2.31. The van der Waals surface area contributed by atoms with Gasteiger partial charge in [-0.3, -0.25) is 4.79 Å². The van der Waals surface area contributed by atoms with E-state index in [0.29, 0.717) is 21.6 Å². The Bertz CT molecular complexity index is 806. The number of rotatable bonds is 9. The van der Waals surface area contributed by atoms with Crippen molar-refractivity contribution in [3.63, 3.8) is 0 Å². The van der Waals surface area contributed by atoms with Gasteiger partial charge in [0.25, 0.3) is 0 Å². The Kier molecular flexibility index (Phi) is 9.16. The fraction of sp³-hybridized carbons (Fsp3) is 0.286. The molecule has 0 aliphatic carbocycles. The largest absolute Gasteiger partial charge is 0.396 e. The normalized spacial score (nSPS) is 11.1. The maximum Gasteiger partial charge on any atom is 0.243 e. The Hall–Kier alpha value is -1.52. The topological polar surface area (TPSA) is 49.3 Å². The molecule has 0 fully saturated rings. The van der Waals surface area contributed by atoms with Crippen LogP contribution < -0.4 is 5.32 Å². The summed E-state index contributed by atoms with van der Waals surface area (Å²) in [6, 6.07) is 10.7. The van der Waals surface area contributed by atoms with Crippen molar-refractivity contribution in [2.45, 2.75) is 25.7 Å². The van der Waals surface area contributed by atoms with E-state index in [-0.39, 0.29) is 12.5 Å². The van der Waals surface area contributed by atoms with Crippen LogP contribution in [0.15, 0.2) is 42.5 Å². The highest BCUT2D eigenvalue weighted by Gasteiger charge is 2.12. The standard InChI is InChI=1S/C21H22Cl3NO2/c22-16-9-10-17(19(24)14-16)21-15(6-5-7-18(21)23)8-11-20(27)25-12-3-1-2-4-13-26/h5-11,14,26H,1-4,12-13H2,(H,25,27)/b11-8+. The Labute approximate surface area is 174 Å². The summed E-state index contributed by atoms with van der Waals surface area (Å²) < 4.78 is 0. The molecule has 0 spiro atoms. The third kappa shape index (κ3) is 6.86. The molecule has 3 nitrogen and oxygen atoms in total. The summed E-state index contributed by atoms with van der Waals surface area (Å²) in [6.45, 7) is 0.828. The van der Waals surface area contributed by atoms with Crippen LogP contribution in [0.25, 0.3) is 17.2 Å². The number of unbranched alkanes of at least 4 members (excludes halogenated alkanes) is 3. The Morgan fingerprint density at radius 3 is 2.52 bits per heavy atom. The molecule has 0 radical (unpaired) electrons. The first kappa shape index (κ1) is 21.8. The number of halogens is 3. The van der Waals surface area contributed by atoms with E-state index in [1.54, 1.807) is 24.3 Å². The summed E-state index contributed by atoms with van der Waals surface area (Å²) in [5.74, 6) is -0.162. The number of amides is 1. The first-order valence-corrected chi connectivity index (χ1v) is 9.97. The van der Waals surface area contributed by atoms with Gasteiger partial charge >= 0.3 is 0 Å². The molecule has 27 heavy (non-hydrogen) atoms. The second-order valence-electron chi connectivity index (χ2n) is 6.09. The predicted octanol–water partition coefficient (Wildman–Crippen LogP) is 6.00. The third-order valence-electron chi connectivity index (χ3n) is 4.04. The Balaban J connectivity index is 2.07. The lowest BCUT2D eigenvalue weighted by molar-refractivity contribution is -0.116. The van der Waals surface area contributed by atoms with Crippen LogP contribution in [0.3, 0.4) is 0 Å². The van der Waals surface area contributed by atoms with Crippen molar-refractivity contribution in [1.82, 2.24) is 5.32 Å². The maximum atomic E-state index is 12.0. The van der Waals surface area contributed by atoms with E-state index in [1.807, 2.05) is 18.2 Å². The molecule has 0 bridgehead atoms. The van der Waals surface area contributed by atoms with Gasteiger partial charge in [0.15, 0.2) is 0 Å². The number of hydrogen-bond donors (Lipinski definition) is 2. The second kappa shape index (κ2) is 11.4. The SMILES string of the molecule is O=C(/C=C/c1cccc(Cl)c1-c1ccc(Cl)cc1Cl)NCCCCCCO. The summed E-state index contributed by atoms with van der Waals surface area (Å²) in [5, 5.41) is 13.2. The zero-order valence-corrected chi connectivity index (χ0v) is 17.1. The molecule has 0 unspecified atom stereocenters. The number of benzene rings is 2. The summed E-state index contributed by atoms with van der Waals surface area (Å²) in [6.07, 6.45) is 6.87. The molecule has 1 amide bonds. The minimum absolute atomic E-state index is 0.162. The molecular weight excluding hydrogens is 405 g/mol. The lowest BCUT2D eigenvalue weighted by Crippen LogP contribution is -2.21. The summed E-state index contributed by atoms with van der Waals surface area (Å²) >= 11 is 18.7. The van der Waals surface area contributed by atoms with Crippen LogP contribution in [-0.4, -0.2) is 24.2 Å². The average molecular weight is 427 g/mol. The van der Waals surface area contributed by atoms with Crippen molar-refractivity contribution in [1.29, 1.82) is 0 Å². The molecule has 0 aliphatic rings. The number of carbonyl (C=O) groups is 1. The van der Waals surface area contributed by atoms with Gasteiger partial charge in [-0.15, -0.1) is 0 Å². The molecule has 0 aliphatic heterocycles. The Morgan fingerprint density at radius 2 is 1.78 bits per heavy atom. The van der Waals surface area contributed by atoms with E-state index in [1.165, 1.54) is 6.08 Å². The maximum absolute atomic E-state index is 12.0. The quantitative estimate of drug-likeness (QED) is 0.382. The summed E-state index contributed by atoms with van der Waals surface area (Å²) in [7, 11) is 0. The molecule has 2 N–H and O–H groups in total. The number of aliphatic hydroxyl groups is 1. The van der Waals surface area contributed by atoms with Gasteiger partial charge in [0.05, 0.1) is 0 Å². The van der Waals surface area contributed by atoms with Gasteiger partial charge in [-0.05, 0) is 42.7 Å². The van der Waals surface area contributed by atoms with Gasteiger partial charge < -0.3 is 10.4 Å². The van der Waals surface area contributed by atoms with Crippen LogP contribution in [0.4, 0.5) is 0 Å². The van der Waals surface area contributed by atoms with E-state index >= 15 is 0 Å². The van der Waals surface area contributed by atoms with Gasteiger partial charge in [-0.2, -0.15) is 0 Å². The van der Waals surface area contributed by atoms with Crippen molar-refractivity contribution < 1.29 is 9.90 Å². The second-order valence-corrected chi connectivity index (χ2v) is 7.34. The molecule has 0 saturated heterocycles. The fourth-order valence-electron chi connectivity index (χ4n) is 2.68. The van der Waals surface area contributed by atoms with Crippen molar-refractivity contribution in [3.05, 3.63) is 63.1 Å². The van der Waals surface area contributed by atoms with Crippen molar-refractivity contribution >= 4 is 46.8 Å². The molecule has 0 aromatic heterocycles. The number of hydrogen-bond acceptors (Lipinski definition) is 2. The van der Waals surface area contributed by atoms with Crippen LogP contribution in [0.2, 0.25) is 15.1 Å². The van der Waals surface area contributed by atoms with Gasteiger partial charge in [-0.25, -0.2) is 0 Å². The minimum atomic E-state index is -0.162. The van der Waals surface area contributed by atoms with Crippen molar-refractivity contribution in [2.24, 2.45) is 0 Å². The van der Waals surface area contributed by atoms with E-state index < -0.39 is 0 Å². The molecule has 0 atom stereocenters. The molecule has 0 heterocycles. The summed E-state index contributed by atoms with van der Waals surface area (Å²) in [4.78, 5) is 12.0. The molecular formula is C21H22Cl3NO2. The molecule has 2 aromatic rings.